The molecule has 10 heteroatoms. The van der Waals surface area contributed by atoms with Crippen LogP contribution in [0.15, 0.2) is 41.3 Å². The number of nitrogens with two attached hydrogens (primary N) is 1. The van der Waals surface area contributed by atoms with Crippen LogP contribution in [0.2, 0.25) is 0 Å². The molecule has 1 fully saturated rings. The summed E-state index contributed by atoms with van der Waals surface area (Å²) in [4.78, 5) is 38.8. The monoisotopic (exact) mass is 480 g/mol. The van der Waals surface area contributed by atoms with Crippen LogP contribution in [0.5, 0.6) is 11.5 Å². The number of pyridine rings is 1. The van der Waals surface area contributed by atoms with E-state index in [-0.39, 0.29) is 28.8 Å². The topological polar surface area (TPSA) is 127 Å². The van der Waals surface area contributed by atoms with Crippen molar-refractivity contribution in [3.05, 3.63) is 58.1 Å². The van der Waals surface area contributed by atoms with E-state index in [0.717, 1.165) is 12.5 Å². The Morgan fingerprint density at radius 3 is 2.86 bits per heavy atom. The molecule has 35 heavy (non-hydrogen) atoms. The van der Waals surface area contributed by atoms with Crippen LogP contribution >= 0.6 is 0 Å². The number of ether oxygens (including phenoxy) is 1. The molecule has 0 saturated carbocycles. The first kappa shape index (κ1) is 22.9. The Hall–Kier alpha value is -3.92. The van der Waals surface area contributed by atoms with E-state index in [1.807, 2.05) is 6.92 Å². The van der Waals surface area contributed by atoms with Crippen LogP contribution in [0.1, 0.15) is 36.5 Å². The fourth-order valence-corrected chi connectivity index (χ4v) is 4.83. The van der Waals surface area contributed by atoms with Crippen LogP contribution in [0.25, 0.3) is 16.6 Å². The lowest BCUT2D eigenvalue weighted by Gasteiger charge is -2.29. The van der Waals surface area contributed by atoms with Gasteiger partial charge >= 0.3 is 5.97 Å². The van der Waals surface area contributed by atoms with Gasteiger partial charge in [-0.2, -0.15) is 0 Å². The average Bonchev–Trinajstić information content (AvgIpc) is 3.28. The van der Waals surface area contributed by atoms with E-state index >= 15 is 4.39 Å². The normalized spacial score (nSPS) is 17.1. The molecule has 9 nitrogen and oxygen atoms in total. The molecule has 3 heterocycles. The quantitative estimate of drug-likeness (QED) is 0.387. The minimum atomic E-state index is -1.39. The van der Waals surface area contributed by atoms with Crippen LogP contribution in [-0.4, -0.2) is 46.7 Å². The number of carbonyl (C=O) groups excluding carboxylic acids is 1. The van der Waals surface area contributed by atoms with Crippen molar-refractivity contribution in [3.8, 4) is 17.2 Å². The summed E-state index contributed by atoms with van der Waals surface area (Å²) in [5.74, 6) is -1.79. The van der Waals surface area contributed by atoms with Crippen molar-refractivity contribution < 1.29 is 23.8 Å². The van der Waals surface area contributed by atoms with Crippen molar-refractivity contribution in [1.29, 1.82) is 0 Å². The van der Waals surface area contributed by atoms with Crippen LogP contribution in [-0.2, 0) is 4.79 Å². The van der Waals surface area contributed by atoms with Crippen LogP contribution in [0.3, 0.4) is 0 Å². The lowest BCUT2D eigenvalue weighted by atomic mass is 10.1. The van der Waals surface area contributed by atoms with E-state index in [0.29, 0.717) is 42.9 Å². The number of nitrogens with zero attached hydrogens (tertiary/aromatic N) is 2. The highest BCUT2D eigenvalue weighted by Crippen LogP contribution is 2.47. The maximum Gasteiger partial charge on any atom is 0.341 e. The van der Waals surface area contributed by atoms with Gasteiger partial charge in [0.15, 0.2) is 17.3 Å². The van der Waals surface area contributed by atoms with E-state index in [1.54, 1.807) is 33.7 Å². The molecule has 1 saturated heterocycles. The largest absolute Gasteiger partial charge is 0.477 e. The van der Waals surface area contributed by atoms with E-state index in [4.69, 9.17) is 10.5 Å². The molecule has 0 radical (unpaired) electrons. The molecule has 2 aromatic carbocycles. The fraction of sp³-hybridized carbons (Fsp3) is 0.320. The highest BCUT2D eigenvalue weighted by atomic mass is 19.1. The Labute approximate surface area is 199 Å². The number of aromatic nitrogens is 1. The number of hydrogen-bond donors (Lipinski definition) is 3. The Bertz CT molecular complexity index is 1420. The number of para-hydroxylation sites is 2. The van der Waals surface area contributed by atoms with E-state index in [2.05, 4.69) is 5.32 Å². The molecular weight excluding hydrogens is 455 g/mol. The van der Waals surface area contributed by atoms with Gasteiger partial charge in [0.2, 0.25) is 11.3 Å². The first-order valence-electron chi connectivity index (χ1n) is 11.5. The number of aromatic carboxylic acids is 1. The number of carboxylic acids is 1. The number of benzene rings is 2. The second-order valence-electron chi connectivity index (χ2n) is 8.88. The Balaban J connectivity index is 1.60. The van der Waals surface area contributed by atoms with Crippen LogP contribution in [0, 0.1) is 5.82 Å². The number of carboxylic acid groups (broad SMARTS) is 1. The molecule has 5 rings (SSSR count). The van der Waals surface area contributed by atoms with Gasteiger partial charge in [0.1, 0.15) is 16.8 Å². The van der Waals surface area contributed by atoms with Gasteiger partial charge < -0.3 is 30.4 Å². The number of anilines is 1. The molecule has 1 amide bonds. The molecule has 1 unspecified atom stereocenters. The summed E-state index contributed by atoms with van der Waals surface area (Å²) in [5.41, 5.74) is 5.69. The van der Waals surface area contributed by atoms with Gasteiger partial charge in [0.25, 0.3) is 0 Å². The molecule has 182 valence electrons. The van der Waals surface area contributed by atoms with Gasteiger partial charge in [-0.15, -0.1) is 0 Å². The van der Waals surface area contributed by atoms with Crippen molar-refractivity contribution in [1.82, 2.24) is 9.88 Å². The zero-order valence-corrected chi connectivity index (χ0v) is 19.1. The van der Waals surface area contributed by atoms with Crippen LogP contribution < -0.4 is 26.1 Å². The van der Waals surface area contributed by atoms with Gasteiger partial charge in [0, 0.05) is 25.3 Å². The Morgan fingerprint density at radius 1 is 1.34 bits per heavy atom. The average molecular weight is 480 g/mol. The lowest BCUT2D eigenvalue weighted by molar-refractivity contribution is -0.123. The number of fused-ring (bicyclic) bond motifs is 2. The van der Waals surface area contributed by atoms with Crippen molar-refractivity contribution >= 4 is 28.5 Å². The number of hydrogen-bond acceptors (Lipinski definition) is 6. The highest BCUT2D eigenvalue weighted by molar-refractivity contribution is 5.99. The van der Waals surface area contributed by atoms with Gasteiger partial charge in [-0.3, -0.25) is 9.59 Å². The van der Waals surface area contributed by atoms with Crippen molar-refractivity contribution in [2.45, 2.75) is 38.3 Å². The summed E-state index contributed by atoms with van der Waals surface area (Å²) in [6, 6.07) is 7.20. The molecular formula is C25H25FN4O5. The Kier molecular flexibility index (Phi) is 5.68. The molecule has 3 aromatic rings. The summed E-state index contributed by atoms with van der Waals surface area (Å²) in [6.07, 6.45) is 3.21. The maximum absolute atomic E-state index is 15.6. The first-order chi connectivity index (χ1) is 16.8. The zero-order chi connectivity index (χ0) is 24.9. The molecule has 4 N–H and O–H groups in total. The van der Waals surface area contributed by atoms with E-state index in [1.165, 1.54) is 6.20 Å². The minimum absolute atomic E-state index is 0.0785. The standard InChI is InChI=1S/C25H25FN4O5/c1-2-5-17(27)24(32)28-13-8-9-29(11-13)21-16(26)10-14-20-23(21)35-19-7-4-3-6-18(19)30(20)12-15(22(14)31)25(33)34/h3-4,6-7,10,12-13,17H,2,5,8-9,11,27H2,1H3,(H,28,32)(H,33,34)/t13?,17-/m0/s1. The number of halogens is 1. The zero-order valence-electron chi connectivity index (χ0n) is 19.1. The van der Waals surface area contributed by atoms with Gasteiger partial charge in [-0.25, -0.2) is 9.18 Å². The smallest absolute Gasteiger partial charge is 0.341 e. The van der Waals surface area contributed by atoms with E-state index in [9.17, 15) is 19.5 Å². The van der Waals surface area contributed by atoms with E-state index < -0.39 is 28.8 Å². The van der Waals surface area contributed by atoms with Crippen molar-refractivity contribution in [2.75, 3.05) is 18.0 Å². The predicted molar refractivity (Wildman–Crippen MR) is 128 cm³/mol. The molecule has 0 spiro atoms. The minimum Gasteiger partial charge on any atom is -0.477 e. The third-order valence-electron chi connectivity index (χ3n) is 6.53. The van der Waals surface area contributed by atoms with Crippen molar-refractivity contribution in [3.63, 3.8) is 0 Å². The molecule has 2 aliphatic rings. The molecule has 0 bridgehead atoms. The summed E-state index contributed by atoms with van der Waals surface area (Å²) >= 11 is 0. The molecule has 2 aliphatic heterocycles. The summed E-state index contributed by atoms with van der Waals surface area (Å²) in [5, 5.41) is 12.4. The number of amides is 1. The van der Waals surface area contributed by atoms with Crippen LogP contribution in [0.4, 0.5) is 10.1 Å². The lowest BCUT2D eigenvalue weighted by Crippen LogP contribution is -2.46. The van der Waals surface area contributed by atoms with Gasteiger partial charge in [0.05, 0.1) is 17.1 Å². The molecule has 0 aliphatic carbocycles. The summed E-state index contributed by atoms with van der Waals surface area (Å²) in [7, 11) is 0. The maximum atomic E-state index is 15.6. The van der Waals surface area contributed by atoms with Gasteiger partial charge in [-0.1, -0.05) is 25.5 Å². The summed E-state index contributed by atoms with van der Waals surface area (Å²) < 4.78 is 23.2. The molecule has 1 aromatic heterocycles. The predicted octanol–water partition coefficient (Wildman–Crippen LogP) is 2.76. The Morgan fingerprint density at radius 2 is 2.11 bits per heavy atom. The fourth-order valence-electron chi connectivity index (χ4n) is 4.83. The second kappa shape index (κ2) is 8.70. The first-order valence-corrected chi connectivity index (χ1v) is 11.5. The third-order valence-corrected chi connectivity index (χ3v) is 6.53. The summed E-state index contributed by atoms with van der Waals surface area (Å²) in [6.45, 7) is 2.74. The second-order valence-corrected chi connectivity index (χ2v) is 8.88. The molecule has 2 atom stereocenters. The number of carbonyl (C=O) groups is 2. The third kappa shape index (κ3) is 3.79. The van der Waals surface area contributed by atoms with Gasteiger partial charge in [-0.05, 0) is 31.0 Å². The number of rotatable bonds is 6. The number of nitrogens with one attached hydrogen (secondary N) is 1. The van der Waals surface area contributed by atoms with Crippen molar-refractivity contribution in [2.24, 2.45) is 5.73 Å². The highest BCUT2D eigenvalue weighted by Gasteiger charge is 2.34. The SMILES string of the molecule is CCC[C@H](N)C(=O)NC1CCN(c2c(F)cc3c(=O)c(C(=O)O)cn4c3c2Oc2ccccc2-4)C1.